The Hall–Kier alpha value is -3.63. The number of H-pyrrole nitrogens is 1. The van der Waals surface area contributed by atoms with Crippen LogP contribution in [-0.4, -0.2) is 28.8 Å². The van der Waals surface area contributed by atoms with Crippen molar-refractivity contribution in [3.8, 4) is 16.9 Å². The van der Waals surface area contributed by atoms with Crippen LogP contribution in [0.3, 0.4) is 0 Å². The van der Waals surface area contributed by atoms with E-state index in [0.29, 0.717) is 11.1 Å². The number of rotatable bonds is 7. The molecule has 0 unspecified atom stereocenters. The van der Waals surface area contributed by atoms with Crippen molar-refractivity contribution < 1.29 is 31.6 Å². The number of halogens is 4. The second-order valence-electron chi connectivity index (χ2n) is 7.75. The molecule has 0 radical (unpaired) electrons. The van der Waals surface area contributed by atoms with E-state index in [1.807, 2.05) is 0 Å². The Balaban J connectivity index is 1.72. The van der Waals surface area contributed by atoms with Crippen LogP contribution in [0.15, 0.2) is 45.8 Å². The molecule has 2 aromatic heterocycles. The highest BCUT2D eigenvalue weighted by molar-refractivity contribution is 5.91. The number of aromatic amines is 1. The van der Waals surface area contributed by atoms with Gasteiger partial charge in [0.25, 0.3) is 5.56 Å². The fourth-order valence-electron chi connectivity index (χ4n) is 2.89. The summed E-state index contributed by atoms with van der Waals surface area (Å²) < 4.78 is 64.0. The number of ether oxygens (including phenoxy) is 1. The van der Waals surface area contributed by atoms with Crippen LogP contribution in [0.1, 0.15) is 32.0 Å². The molecule has 7 nitrogen and oxygen atoms in total. The third-order valence-electron chi connectivity index (χ3n) is 5.03. The number of alkyl halides is 3. The third-order valence-corrected chi connectivity index (χ3v) is 5.03. The monoisotopic (exact) mass is 467 g/mol. The van der Waals surface area contributed by atoms with Gasteiger partial charge in [0.1, 0.15) is 16.9 Å². The van der Waals surface area contributed by atoms with Crippen LogP contribution in [0.2, 0.25) is 0 Å². The normalized spacial score (nSPS) is 12.0. The molecule has 33 heavy (non-hydrogen) atoms. The Morgan fingerprint density at radius 1 is 1.18 bits per heavy atom. The Morgan fingerprint density at radius 3 is 2.55 bits per heavy atom. The molecule has 2 N–H and O–H groups in total. The Kier molecular flexibility index (Phi) is 6.61. The summed E-state index contributed by atoms with van der Waals surface area (Å²) in [6, 6.07) is 6.62. The lowest BCUT2D eigenvalue weighted by atomic mass is 9.89. The molecule has 11 heteroatoms. The van der Waals surface area contributed by atoms with E-state index in [2.05, 4.69) is 15.5 Å². The first-order chi connectivity index (χ1) is 15.4. The Morgan fingerprint density at radius 2 is 1.91 bits per heavy atom. The molecule has 0 bridgehead atoms. The predicted octanol–water partition coefficient (Wildman–Crippen LogP) is 4.59. The maximum absolute atomic E-state index is 14.6. The molecule has 3 aromatic rings. The number of amides is 1. The number of anilines is 1. The zero-order valence-electron chi connectivity index (χ0n) is 18.0. The second kappa shape index (κ2) is 9.08. The molecule has 0 atom stereocenters. The minimum absolute atomic E-state index is 0.0565. The Bertz CT molecular complexity index is 1210. The fraction of sp³-hybridized carbons (Fsp3) is 0.318. The van der Waals surface area contributed by atoms with E-state index in [9.17, 15) is 27.2 Å². The third kappa shape index (κ3) is 5.24. The van der Waals surface area contributed by atoms with Crippen LogP contribution in [0.25, 0.3) is 11.1 Å². The van der Waals surface area contributed by atoms with E-state index >= 15 is 0 Å². The predicted molar refractivity (Wildman–Crippen MR) is 112 cm³/mol. The molecule has 0 fully saturated rings. The van der Waals surface area contributed by atoms with Crippen LogP contribution in [-0.2, 0) is 16.6 Å². The van der Waals surface area contributed by atoms with E-state index in [1.54, 1.807) is 13.0 Å². The van der Waals surface area contributed by atoms with Crippen molar-refractivity contribution >= 4 is 11.8 Å². The maximum atomic E-state index is 14.6. The van der Waals surface area contributed by atoms with Crippen molar-refractivity contribution in [3.63, 3.8) is 0 Å². The van der Waals surface area contributed by atoms with Gasteiger partial charge in [-0.25, -0.2) is 4.39 Å². The van der Waals surface area contributed by atoms with Crippen molar-refractivity contribution in [3.05, 3.63) is 64.0 Å². The number of hydrogen-bond acceptors (Lipinski definition) is 5. The van der Waals surface area contributed by atoms with Gasteiger partial charge in [0.15, 0.2) is 5.75 Å². The van der Waals surface area contributed by atoms with E-state index in [-0.39, 0.29) is 30.2 Å². The maximum Gasteiger partial charge on any atom is 0.399 e. The molecule has 0 spiro atoms. The van der Waals surface area contributed by atoms with Crippen molar-refractivity contribution in [2.45, 2.75) is 38.8 Å². The number of nitrogens with one attached hydrogen (secondary N) is 2. The lowest BCUT2D eigenvalue weighted by molar-refractivity contribution is -0.181. The molecular formula is C22H21F4N3O4. The van der Waals surface area contributed by atoms with Gasteiger partial charge in [0.2, 0.25) is 11.8 Å². The van der Waals surface area contributed by atoms with E-state index in [1.165, 1.54) is 24.4 Å². The van der Waals surface area contributed by atoms with Gasteiger partial charge in [-0.3, -0.25) is 14.9 Å². The number of hydrogen-bond donors (Lipinski definition) is 2. The van der Waals surface area contributed by atoms with Crippen molar-refractivity contribution in [1.29, 1.82) is 0 Å². The lowest BCUT2D eigenvalue weighted by Crippen LogP contribution is -2.36. The number of nitrogens with zero attached hydrogens (tertiary/aromatic N) is 1. The van der Waals surface area contributed by atoms with Crippen molar-refractivity contribution in [1.82, 2.24) is 10.1 Å². The van der Waals surface area contributed by atoms with Crippen LogP contribution in [0, 0.1) is 5.82 Å². The summed E-state index contributed by atoms with van der Waals surface area (Å²) in [7, 11) is 0. The highest BCUT2D eigenvalue weighted by Crippen LogP contribution is 2.40. The molecule has 1 aromatic carbocycles. The molecule has 3 rings (SSSR count). The summed E-state index contributed by atoms with van der Waals surface area (Å²) in [6.45, 7) is 3.89. The molecule has 0 aliphatic heterocycles. The van der Waals surface area contributed by atoms with Crippen LogP contribution < -0.4 is 15.6 Å². The van der Waals surface area contributed by atoms with Gasteiger partial charge in [0.05, 0.1) is 13.0 Å². The van der Waals surface area contributed by atoms with Gasteiger partial charge in [-0.05, 0) is 44.0 Å². The van der Waals surface area contributed by atoms with Gasteiger partial charge in [-0.1, -0.05) is 17.3 Å². The number of aromatic nitrogens is 2. The zero-order chi connectivity index (χ0) is 24.4. The van der Waals surface area contributed by atoms with E-state index in [0.717, 1.165) is 19.9 Å². The number of carbonyl (C=O) groups is 1. The van der Waals surface area contributed by atoms with Gasteiger partial charge < -0.3 is 14.2 Å². The largest absolute Gasteiger partial charge is 0.488 e. The van der Waals surface area contributed by atoms with Crippen LogP contribution >= 0.6 is 0 Å². The van der Waals surface area contributed by atoms with Gasteiger partial charge >= 0.3 is 6.18 Å². The van der Waals surface area contributed by atoms with Crippen molar-refractivity contribution in [2.75, 3.05) is 11.9 Å². The lowest BCUT2D eigenvalue weighted by Gasteiger charge is -2.24. The molecule has 0 aliphatic carbocycles. The van der Waals surface area contributed by atoms with Crippen LogP contribution in [0.5, 0.6) is 5.75 Å². The van der Waals surface area contributed by atoms with E-state index in [4.69, 9.17) is 9.26 Å². The topological polar surface area (TPSA) is 97.2 Å². The highest BCUT2D eigenvalue weighted by Gasteiger charge is 2.50. The Labute approximate surface area is 185 Å². The first kappa shape index (κ1) is 24.0. The molecule has 0 saturated heterocycles. The molecule has 1 amide bonds. The fourth-order valence-corrected chi connectivity index (χ4v) is 2.89. The summed E-state index contributed by atoms with van der Waals surface area (Å²) in [6.07, 6.45) is -3.54. The smallest absolute Gasteiger partial charge is 0.399 e. The summed E-state index contributed by atoms with van der Waals surface area (Å²) in [5.41, 5.74) is -2.07. The first-order valence-electron chi connectivity index (χ1n) is 9.90. The first-order valence-corrected chi connectivity index (χ1v) is 9.90. The molecule has 0 aliphatic rings. The summed E-state index contributed by atoms with van der Waals surface area (Å²) in [5, 5.41) is 5.66. The van der Waals surface area contributed by atoms with E-state index < -0.39 is 34.6 Å². The molecule has 2 heterocycles. The minimum Gasteiger partial charge on any atom is -0.488 e. The molecular weight excluding hydrogens is 446 g/mol. The van der Waals surface area contributed by atoms with Crippen LogP contribution in [0.4, 0.5) is 23.4 Å². The molecule has 0 saturated carbocycles. The van der Waals surface area contributed by atoms with Gasteiger partial charge in [0, 0.05) is 17.8 Å². The summed E-state index contributed by atoms with van der Waals surface area (Å²) in [5.74, 6) is -1.56. The minimum atomic E-state index is -4.56. The zero-order valence-corrected chi connectivity index (χ0v) is 18.0. The average molecular weight is 467 g/mol. The SMILES string of the molecule is CCOc1cc(-c2ccc(CC(=O)Nc3cc(C(C)(C)C(F)(F)F)no3)c(F)c2)c[nH]c1=O. The van der Waals surface area contributed by atoms with Gasteiger partial charge in [-0.2, -0.15) is 13.2 Å². The second-order valence-corrected chi connectivity index (χ2v) is 7.75. The average Bonchev–Trinajstić information content (AvgIpc) is 3.19. The quantitative estimate of drug-likeness (QED) is 0.496. The van der Waals surface area contributed by atoms with Crippen molar-refractivity contribution in [2.24, 2.45) is 0 Å². The number of benzene rings is 1. The highest BCUT2D eigenvalue weighted by atomic mass is 19.4. The summed E-state index contributed by atoms with van der Waals surface area (Å²) >= 11 is 0. The number of pyridine rings is 1. The number of carbonyl (C=O) groups excluding carboxylic acids is 1. The van der Waals surface area contributed by atoms with Gasteiger partial charge in [-0.15, -0.1) is 0 Å². The standard InChI is InChI=1S/C22H21F4N3O4/c1-4-32-16-8-14(11-27-20(16)31)12-5-6-13(15(23)7-12)9-18(30)28-19-10-17(29-33-19)21(2,3)22(24,25)26/h5-8,10-11H,4,9H2,1-3H3,(H,27,31)(H,28,30). The molecule has 176 valence electrons. The summed E-state index contributed by atoms with van der Waals surface area (Å²) in [4.78, 5) is 26.5.